The van der Waals surface area contributed by atoms with Gasteiger partial charge in [-0.3, -0.25) is 9.36 Å². The Hall–Kier alpha value is -2.50. The van der Waals surface area contributed by atoms with Gasteiger partial charge in [0.05, 0.1) is 44.5 Å². The van der Waals surface area contributed by atoms with Crippen LogP contribution in [0.3, 0.4) is 0 Å². The number of nitrogens with zero attached hydrogens (tertiary/aromatic N) is 4. The Balaban J connectivity index is 1.74. The Kier molecular flexibility index (Phi) is 6.23. The summed E-state index contributed by atoms with van der Waals surface area (Å²) in [6.07, 6.45) is -6.07. The second-order valence-electron chi connectivity index (χ2n) is 8.22. The SMILES string of the molecule is COc1ccc([C@H](O)CN2c3nc(N4CCOCC4)cc(=O)n3C[C@@]2(C)C(F)(F)F)c(Cl)c1. The van der Waals surface area contributed by atoms with E-state index in [0.29, 0.717) is 32.1 Å². The molecule has 0 amide bonds. The van der Waals surface area contributed by atoms with Gasteiger partial charge in [-0.1, -0.05) is 17.7 Å². The first-order valence-corrected chi connectivity index (χ1v) is 10.7. The number of fused-ring (bicyclic) bond motifs is 1. The molecule has 33 heavy (non-hydrogen) atoms. The van der Waals surface area contributed by atoms with Gasteiger partial charge in [-0.25, -0.2) is 0 Å². The summed E-state index contributed by atoms with van der Waals surface area (Å²) in [5.41, 5.74) is -2.79. The number of methoxy groups -OCH3 is 1. The minimum absolute atomic E-state index is 0.146. The molecular weight excluding hydrogens is 465 g/mol. The van der Waals surface area contributed by atoms with Gasteiger partial charge < -0.3 is 24.4 Å². The van der Waals surface area contributed by atoms with Gasteiger partial charge >= 0.3 is 6.18 Å². The van der Waals surface area contributed by atoms with E-state index >= 15 is 0 Å². The summed E-state index contributed by atoms with van der Waals surface area (Å²) in [7, 11) is 1.45. The first-order valence-electron chi connectivity index (χ1n) is 10.4. The van der Waals surface area contributed by atoms with Crippen molar-refractivity contribution >= 4 is 23.4 Å². The van der Waals surface area contributed by atoms with E-state index < -0.39 is 36.5 Å². The van der Waals surface area contributed by atoms with Crippen molar-refractivity contribution in [1.29, 1.82) is 0 Å². The molecule has 2 aliphatic rings. The highest BCUT2D eigenvalue weighted by molar-refractivity contribution is 6.31. The van der Waals surface area contributed by atoms with Gasteiger partial charge in [0.1, 0.15) is 11.6 Å². The number of rotatable bonds is 5. The largest absolute Gasteiger partial charge is 0.497 e. The first-order chi connectivity index (χ1) is 15.5. The molecule has 0 spiro atoms. The zero-order chi connectivity index (χ0) is 24.0. The highest BCUT2D eigenvalue weighted by Crippen LogP contribution is 2.44. The number of aliphatic hydroxyl groups is 1. The van der Waals surface area contributed by atoms with Crippen LogP contribution in [0.4, 0.5) is 24.9 Å². The zero-order valence-electron chi connectivity index (χ0n) is 18.1. The lowest BCUT2D eigenvalue weighted by Gasteiger charge is -2.38. The molecule has 2 aliphatic heterocycles. The van der Waals surface area contributed by atoms with Crippen LogP contribution in [0.5, 0.6) is 5.75 Å². The molecule has 12 heteroatoms. The number of β-amino-alcohol motifs (C(OH)–C–C–N with tert-alkyl or cyclic N) is 1. The smallest absolute Gasteiger partial charge is 0.413 e. The second kappa shape index (κ2) is 8.69. The van der Waals surface area contributed by atoms with E-state index in [1.807, 2.05) is 0 Å². The lowest BCUT2D eigenvalue weighted by atomic mass is 9.99. The van der Waals surface area contributed by atoms with Crippen molar-refractivity contribution in [1.82, 2.24) is 9.55 Å². The van der Waals surface area contributed by atoms with Crippen molar-refractivity contribution in [2.24, 2.45) is 0 Å². The van der Waals surface area contributed by atoms with Crippen LogP contribution in [-0.2, 0) is 11.3 Å². The van der Waals surface area contributed by atoms with Crippen molar-refractivity contribution in [3.05, 3.63) is 45.2 Å². The van der Waals surface area contributed by atoms with E-state index in [4.69, 9.17) is 21.1 Å². The molecule has 1 aromatic carbocycles. The Morgan fingerprint density at radius 3 is 2.61 bits per heavy atom. The summed E-state index contributed by atoms with van der Waals surface area (Å²) in [5, 5.41) is 11.0. The number of aliphatic hydroxyl groups excluding tert-OH is 1. The molecule has 1 aromatic heterocycles. The summed E-state index contributed by atoms with van der Waals surface area (Å²) in [6.45, 7) is 1.69. The predicted molar refractivity (Wildman–Crippen MR) is 116 cm³/mol. The molecule has 4 rings (SSSR count). The molecule has 0 aliphatic carbocycles. The zero-order valence-corrected chi connectivity index (χ0v) is 18.9. The maximum Gasteiger partial charge on any atom is 0.413 e. The van der Waals surface area contributed by atoms with Crippen molar-refractivity contribution in [2.45, 2.75) is 31.3 Å². The third-order valence-electron chi connectivity index (χ3n) is 6.15. The summed E-state index contributed by atoms with van der Waals surface area (Å²) in [5.74, 6) is 0.585. The molecule has 3 heterocycles. The van der Waals surface area contributed by atoms with E-state index in [1.165, 1.54) is 25.3 Å². The number of morpholine rings is 1. The summed E-state index contributed by atoms with van der Waals surface area (Å²) in [4.78, 5) is 20.0. The molecule has 2 atom stereocenters. The Morgan fingerprint density at radius 1 is 1.30 bits per heavy atom. The molecular formula is C21H24ClF3N4O4. The van der Waals surface area contributed by atoms with Crippen molar-refractivity contribution in [3.8, 4) is 5.75 Å². The van der Waals surface area contributed by atoms with Gasteiger partial charge in [0.25, 0.3) is 5.56 Å². The van der Waals surface area contributed by atoms with Gasteiger partial charge in [0.2, 0.25) is 5.95 Å². The molecule has 2 aromatic rings. The summed E-state index contributed by atoms with van der Waals surface area (Å²) >= 11 is 6.23. The predicted octanol–water partition coefficient (Wildman–Crippen LogP) is 2.62. The molecule has 0 unspecified atom stereocenters. The molecule has 8 nitrogen and oxygen atoms in total. The first kappa shape index (κ1) is 23.7. The van der Waals surface area contributed by atoms with Crippen LogP contribution >= 0.6 is 11.6 Å². The van der Waals surface area contributed by atoms with E-state index in [-0.39, 0.29) is 22.4 Å². The molecule has 0 radical (unpaired) electrons. The summed E-state index contributed by atoms with van der Waals surface area (Å²) in [6, 6.07) is 5.77. The second-order valence-corrected chi connectivity index (χ2v) is 8.63. The third-order valence-corrected chi connectivity index (χ3v) is 6.47. The maximum absolute atomic E-state index is 14.2. The van der Waals surface area contributed by atoms with E-state index in [1.54, 1.807) is 11.0 Å². The number of aromatic nitrogens is 2. The van der Waals surface area contributed by atoms with Gasteiger partial charge in [0.15, 0.2) is 5.54 Å². The van der Waals surface area contributed by atoms with E-state index in [2.05, 4.69) is 4.98 Å². The molecule has 1 saturated heterocycles. The molecule has 180 valence electrons. The fourth-order valence-electron chi connectivity index (χ4n) is 4.11. The minimum atomic E-state index is -4.70. The monoisotopic (exact) mass is 488 g/mol. The fourth-order valence-corrected chi connectivity index (χ4v) is 4.40. The summed E-state index contributed by atoms with van der Waals surface area (Å²) < 4.78 is 54.1. The van der Waals surface area contributed by atoms with E-state index in [9.17, 15) is 23.1 Å². The van der Waals surface area contributed by atoms with Gasteiger partial charge in [-0.15, -0.1) is 0 Å². The van der Waals surface area contributed by atoms with Crippen LogP contribution in [0.2, 0.25) is 5.02 Å². The van der Waals surface area contributed by atoms with Gasteiger partial charge in [0, 0.05) is 24.7 Å². The van der Waals surface area contributed by atoms with Crippen LogP contribution in [0.15, 0.2) is 29.1 Å². The van der Waals surface area contributed by atoms with Crippen LogP contribution in [-0.4, -0.2) is 66.3 Å². The standard InChI is InChI=1S/C21H24ClF3N4O4/c1-20(21(23,24)25)12-28-18(31)10-17(27-5-7-33-8-6-27)26-19(28)29(20)11-16(30)14-4-3-13(32-2)9-15(14)22/h3-4,9-10,16,30H,5-8,11-12H2,1-2H3/t16-,20+/m1/s1. The number of halogens is 4. The van der Waals surface area contributed by atoms with Crippen LogP contribution in [0.1, 0.15) is 18.6 Å². The van der Waals surface area contributed by atoms with Gasteiger partial charge in [-0.05, 0) is 19.1 Å². The number of alkyl halides is 3. The third kappa shape index (κ3) is 4.24. The quantitative estimate of drug-likeness (QED) is 0.693. The Morgan fingerprint density at radius 2 is 2.00 bits per heavy atom. The highest BCUT2D eigenvalue weighted by atomic mass is 35.5. The number of anilines is 2. The normalized spacial score (nSPS) is 21.8. The number of ether oxygens (including phenoxy) is 2. The van der Waals surface area contributed by atoms with Crippen molar-refractivity contribution in [3.63, 3.8) is 0 Å². The molecule has 1 N–H and O–H groups in total. The van der Waals surface area contributed by atoms with Gasteiger partial charge in [-0.2, -0.15) is 18.2 Å². The minimum Gasteiger partial charge on any atom is -0.497 e. The molecule has 0 saturated carbocycles. The molecule has 1 fully saturated rings. The van der Waals surface area contributed by atoms with Crippen LogP contribution in [0.25, 0.3) is 0 Å². The average molecular weight is 489 g/mol. The number of hydrogen-bond acceptors (Lipinski definition) is 7. The number of benzene rings is 1. The highest BCUT2D eigenvalue weighted by Gasteiger charge is 2.60. The fraction of sp³-hybridized carbons (Fsp3) is 0.524. The number of hydrogen-bond donors (Lipinski definition) is 1. The van der Waals surface area contributed by atoms with Crippen LogP contribution < -0.4 is 20.1 Å². The van der Waals surface area contributed by atoms with E-state index in [0.717, 1.165) is 16.4 Å². The topological polar surface area (TPSA) is 80.1 Å². The Labute approximate surface area is 193 Å². The van der Waals surface area contributed by atoms with Crippen molar-refractivity contribution < 1.29 is 27.8 Å². The lowest BCUT2D eigenvalue weighted by molar-refractivity contribution is -0.183. The van der Waals surface area contributed by atoms with Crippen molar-refractivity contribution in [2.75, 3.05) is 49.8 Å². The Bertz CT molecular complexity index is 1090. The lowest BCUT2D eigenvalue weighted by Crippen LogP contribution is -2.57. The molecule has 0 bridgehead atoms. The average Bonchev–Trinajstić information content (AvgIpc) is 3.07. The van der Waals surface area contributed by atoms with Crippen LogP contribution in [0, 0.1) is 0 Å². The maximum atomic E-state index is 14.2.